The number of hydrogen-bond acceptors (Lipinski definition) is 4. The topological polar surface area (TPSA) is 75.1 Å². The SMILES string of the molecule is CS(C)=Nc1cncc(/C(C=N)=C/N)c1. The monoisotopic (exact) mass is 222 g/mol. The number of aromatic nitrogens is 1. The van der Waals surface area contributed by atoms with Gasteiger partial charge in [-0.2, -0.15) is 0 Å². The molecule has 1 aromatic heterocycles. The van der Waals surface area contributed by atoms with Crippen molar-refractivity contribution in [3.8, 4) is 0 Å². The van der Waals surface area contributed by atoms with E-state index in [1.807, 2.05) is 18.6 Å². The maximum Gasteiger partial charge on any atom is 0.0892 e. The van der Waals surface area contributed by atoms with Gasteiger partial charge in [-0.1, -0.05) is 0 Å². The average molecular weight is 222 g/mol. The maximum absolute atomic E-state index is 7.18. The fourth-order valence-electron chi connectivity index (χ4n) is 1.07. The van der Waals surface area contributed by atoms with E-state index in [2.05, 4.69) is 9.35 Å². The maximum atomic E-state index is 7.18. The van der Waals surface area contributed by atoms with E-state index in [0.29, 0.717) is 5.57 Å². The Morgan fingerprint density at radius 3 is 2.80 bits per heavy atom. The van der Waals surface area contributed by atoms with Crippen molar-refractivity contribution in [2.24, 2.45) is 10.1 Å². The van der Waals surface area contributed by atoms with Crippen molar-refractivity contribution in [1.82, 2.24) is 4.98 Å². The van der Waals surface area contributed by atoms with Crippen LogP contribution >= 0.6 is 0 Å². The van der Waals surface area contributed by atoms with Gasteiger partial charge in [0.1, 0.15) is 0 Å². The van der Waals surface area contributed by atoms with Crippen molar-refractivity contribution >= 4 is 28.2 Å². The molecule has 0 aromatic carbocycles. The number of nitrogens with zero attached hydrogens (tertiary/aromatic N) is 2. The van der Waals surface area contributed by atoms with Gasteiger partial charge in [-0.15, -0.1) is 10.7 Å². The van der Waals surface area contributed by atoms with Gasteiger partial charge in [0.2, 0.25) is 0 Å². The number of nitrogens with one attached hydrogen (secondary N) is 1. The first kappa shape index (κ1) is 11.6. The van der Waals surface area contributed by atoms with Gasteiger partial charge in [-0.05, 0) is 18.6 Å². The van der Waals surface area contributed by atoms with E-state index in [1.54, 1.807) is 12.4 Å². The molecule has 1 rings (SSSR count). The smallest absolute Gasteiger partial charge is 0.0892 e. The van der Waals surface area contributed by atoms with Gasteiger partial charge in [0.25, 0.3) is 0 Å². The molecule has 1 aromatic rings. The molecule has 0 spiro atoms. The molecule has 5 heteroatoms. The normalized spacial score (nSPS) is 11.5. The van der Waals surface area contributed by atoms with Gasteiger partial charge in [0, 0.05) is 29.7 Å². The molecule has 0 saturated carbocycles. The van der Waals surface area contributed by atoms with E-state index in [-0.39, 0.29) is 10.7 Å². The summed E-state index contributed by atoms with van der Waals surface area (Å²) in [7, 11) is -0.0147. The van der Waals surface area contributed by atoms with Gasteiger partial charge in [0.05, 0.1) is 11.9 Å². The standard InChI is InChI=1S/C10H14N4S/c1-15(2)14-10-3-8(6-13-7-10)9(4-11)5-12/h3-7,11H,12H2,1-2H3/b9-5+,11-4?. The van der Waals surface area contributed by atoms with E-state index in [1.165, 1.54) is 12.4 Å². The summed E-state index contributed by atoms with van der Waals surface area (Å²) in [6.07, 6.45) is 10.0. The number of nitrogens with two attached hydrogens (primary N) is 1. The summed E-state index contributed by atoms with van der Waals surface area (Å²) in [5, 5.41) is 7.18. The number of allylic oxidation sites excluding steroid dienone is 1. The van der Waals surface area contributed by atoms with Crippen LogP contribution in [-0.2, 0) is 10.7 Å². The molecule has 0 amide bonds. The van der Waals surface area contributed by atoms with Crippen LogP contribution in [0.5, 0.6) is 0 Å². The van der Waals surface area contributed by atoms with Crippen LogP contribution < -0.4 is 5.73 Å². The van der Waals surface area contributed by atoms with Gasteiger partial charge < -0.3 is 11.1 Å². The molecule has 0 fully saturated rings. The summed E-state index contributed by atoms with van der Waals surface area (Å²) in [5.41, 5.74) is 7.68. The van der Waals surface area contributed by atoms with Crippen molar-refractivity contribution in [3.05, 3.63) is 30.2 Å². The fourth-order valence-corrected chi connectivity index (χ4v) is 1.60. The second-order valence-corrected chi connectivity index (χ2v) is 4.79. The van der Waals surface area contributed by atoms with Crippen molar-refractivity contribution < 1.29 is 0 Å². The van der Waals surface area contributed by atoms with Crippen molar-refractivity contribution in [3.63, 3.8) is 0 Å². The van der Waals surface area contributed by atoms with Gasteiger partial charge in [-0.3, -0.25) is 4.98 Å². The second kappa shape index (κ2) is 5.41. The Morgan fingerprint density at radius 1 is 1.53 bits per heavy atom. The van der Waals surface area contributed by atoms with Crippen LogP contribution in [0.2, 0.25) is 0 Å². The Bertz CT molecular complexity index is 419. The largest absolute Gasteiger partial charge is 0.404 e. The summed E-state index contributed by atoms with van der Waals surface area (Å²) in [6, 6.07) is 1.88. The zero-order chi connectivity index (χ0) is 11.3. The minimum absolute atomic E-state index is 0.0147. The van der Waals surface area contributed by atoms with Crippen molar-refractivity contribution in [2.75, 3.05) is 12.5 Å². The van der Waals surface area contributed by atoms with Crippen LogP contribution in [0, 0.1) is 5.41 Å². The van der Waals surface area contributed by atoms with E-state index in [9.17, 15) is 0 Å². The fraction of sp³-hybridized carbons (Fsp3) is 0.200. The number of hydrogen-bond donors (Lipinski definition) is 2. The van der Waals surface area contributed by atoms with E-state index >= 15 is 0 Å². The highest BCUT2D eigenvalue weighted by Crippen LogP contribution is 2.17. The van der Waals surface area contributed by atoms with Crippen LogP contribution in [0.25, 0.3) is 5.57 Å². The van der Waals surface area contributed by atoms with Crippen molar-refractivity contribution in [2.45, 2.75) is 0 Å². The Morgan fingerprint density at radius 2 is 2.27 bits per heavy atom. The first-order valence-corrected chi connectivity index (χ1v) is 6.34. The predicted molar refractivity (Wildman–Crippen MR) is 66.5 cm³/mol. The molecule has 0 atom stereocenters. The summed E-state index contributed by atoms with van der Waals surface area (Å²) in [4.78, 5) is 4.07. The number of rotatable bonds is 3. The van der Waals surface area contributed by atoms with E-state index in [0.717, 1.165) is 11.3 Å². The second-order valence-electron chi connectivity index (χ2n) is 3.06. The minimum atomic E-state index is -0.0147. The van der Waals surface area contributed by atoms with Gasteiger partial charge in [0.15, 0.2) is 0 Å². The van der Waals surface area contributed by atoms with Gasteiger partial charge in [-0.25, -0.2) is 4.36 Å². The molecule has 3 N–H and O–H groups in total. The third-order valence-corrected chi connectivity index (χ3v) is 2.26. The molecule has 0 aliphatic carbocycles. The Hall–Kier alpha value is -1.49. The quantitative estimate of drug-likeness (QED) is 0.764. The Labute approximate surface area is 91.8 Å². The summed E-state index contributed by atoms with van der Waals surface area (Å²) in [6.45, 7) is 0. The number of pyridine rings is 1. The molecule has 0 saturated heterocycles. The Kier molecular flexibility index (Phi) is 4.17. The van der Waals surface area contributed by atoms with Crippen LogP contribution in [-0.4, -0.2) is 23.7 Å². The molecular formula is C10H14N4S. The summed E-state index contributed by atoms with van der Waals surface area (Å²) < 4.78 is 4.39. The highest BCUT2D eigenvalue weighted by molar-refractivity contribution is 7.85. The molecule has 0 radical (unpaired) electrons. The van der Waals surface area contributed by atoms with E-state index < -0.39 is 0 Å². The lowest BCUT2D eigenvalue weighted by Gasteiger charge is -2.01. The molecule has 0 aliphatic heterocycles. The molecule has 0 unspecified atom stereocenters. The zero-order valence-electron chi connectivity index (χ0n) is 8.77. The first-order chi connectivity index (χ1) is 7.17. The van der Waals surface area contributed by atoms with Crippen LogP contribution in [0.3, 0.4) is 0 Å². The zero-order valence-corrected chi connectivity index (χ0v) is 9.58. The van der Waals surface area contributed by atoms with Gasteiger partial charge >= 0.3 is 0 Å². The molecule has 15 heavy (non-hydrogen) atoms. The first-order valence-electron chi connectivity index (χ1n) is 4.34. The van der Waals surface area contributed by atoms with Crippen molar-refractivity contribution in [1.29, 1.82) is 5.41 Å². The summed E-state index contributed by atoms with van der Waals surface area (Å²) in [5.74, 6) is 0. The molecular weight excluding hydrogens is 208 g/mol. The predicted octanol–water partition coefficient (Wildman–Crippen LogP) is 1.72. The average Bonchev–Trinajstić information content (AvgIpc) is 2.19. The molecule has 0 aliphatic rings. The lowest BCUT2D eigenvalue weighted by Crippen LogP contribution is -1.91. The van der Waals surface area contributed by atoms with Crippen LogP contribution in [0.4, 0.5) is 5.69 Å². The molecule has 80 valence electrons. The lowest BCUT2D eigenvalue weighted by atomic mass is 10.1. The lowest BCUT2D eigenvalue weighted by molar-refractivity contribution is 1.29. The summed E-state index contributed by atoms with van der Waals surface area (Å²) >= 11 is 0. The van der Waals surface area contributed by atoms with E-state index in [4.69, 9.17) is 11.1 Å². The third-order valence-electron chi connectivity index (χ3n) is 1.68. The highest BCUT2D eigenvalue weighted by atomic mass is 32.2. The minimum Gasteiger partial charge on any atom is -0.404 e. The van der Waals surface area contributed by atoms with Crippen LogP contribution in [0.1, 0.15) is 5.56 Å². The molecule has 4 nitrogen and oxygen atoms in total. The molecule has 1 heterocycles. The Balaban J connectivity index is 3.13. The molecule has 0 bridgehead atoms. The van der Waals surface area contributed by atoms with Crippen LogP contribution in [0.15, 0.2) is 29.0 Å². The highest BCUT2D eigenvalue weighted by Gasteiger charge is 1.99. The third kappa shape index (κ3) is 3.28.